The van der Waals surface area contributed by atoms with E-state index in [1.165, 1.54) is 19.1 Å². The van der Waals surface area contributed by atoms with Crippen molar-refractivity contribution in [2.45, 2.75) is 12.5 Å². The number of aliphatic carboxylic acids is 1. The maximum atomic E-state index is 10.7. The second-order valence-electron chi connectivity index (χ2n) is 2.91. The average Bonchev–Trinajstić information content (AvgIpc) is 2.04. The van der Waals surface area contributed by atoms with Gasteiger partial charge in [-0.05, 0) is 19.1 Å². The second kappa shape index (κ2) is 3.02. The molecule has 13 heavy (non-hydrogen) atoms. The zero-order chi connectivity index (χ0) is 10.1. The molecule has 1 aromatic heterocycles. The Morgan fingerprint density at radius 2 is 2.23 bits per heavy atom. The highest BCUT2D eigenvalue weighted by atomic mass is 16.4. The van der Waals surface area contributed by atoms with Crippen LogP contribution in [0.1, 0.15) is 12.6 Å². The van der Waals surface area contributed by atoms with E-state index in [0.717, 1.165) is 6.20 Å². The van der Waals surface area contributed by atoms with E-state index in [4.69, 9.17) is 15.9 Å². The molecule has 0 aliphatic heterocycles. The molecule has 0 radical (unpaired) electrons. The van der Waals surface area contributed by atoms with Crippen LogP contribution in [-0.4, -0.2) is 21.2 Å². The van der Waals surface area contributed by atoms with Crippen LogP contribution in [0.25, 0.3) is 0 Å². The Bertz CT molecular complexity index is 319. The third-order valence-corrected chi connectivity index (χ3v) is 1.72. The lowest BCUT2D eigenvalue weighted by molar-refractivity contribution is -0.143. The van der Waals surface area contributed by atoms with Crippen molar-refractivity contribution in [3.05, 3.63) is 24.0 Å². The lowest BCUT2D eigenvalue weighted by Crippen LogP contribution is -2.42. The third kappa shape index (κ3) is 1.75. The molecule has 0 aliphatic carbocycles. The monoisotopic (exact) mass is 182 g/mol. The van der Waals surface area contributed by atoms with Crippen molar-refractivity contribution >= 4 is 5.97 Å². The van der Waals surface area contributed by atoms with Crippen LogP contribution in [0.15, 0.2) is 18.3 Å². The largest absolute Gasteiger partial charge is 0.506 e. The summed E-state index contributed by atoms with van der Waals surface area (Å²) in [6.07, 6.45) is 1.16. The summed E-state index contributed by atoms with van der Waals surface area (Å²) in [5.74, 6) is -1.18. The Balaban J connectivity index is 3.08. The number of nitrogens with zero attached hydrogens (tertiary/aromatic N) is 1. The lowest BCUT2D eigenvalue weighted by atomic mass is 9.99. The van der Waals surface area contributed by atoms with Gasteiger partial charge in [0.05, 0.1) is 11.9 Å². The molecule has 0 spiro atoms. The minimum Gasteiger partial charge on any atom is -0.506 e. The Morgan fingerprint density at radius 3 is 2.62 bits per heavy atom. The molecule has 0 amide bonds. The van der Waals surface area contributed by atoms with E-state index in [1.54, 1.807) is 0 Å². The summed E-state index contributed by atoms with van der Waals surface area (Å²) >= 11 is 0. The fourth-order valence-corrected chi connectivity index (χ4v) is 0.803. The zero-order valence-electron chi connectivity index (χ0n) is 7.06. The van der Waals surface area contributed by atoms with Gasteiger partial charge in [0.15, 0.2) is 5.54 Å². The number of rotatable bonds is 2. The summed E-state index contributed by atoms with van der Waals surface area (Å²) in [7, 11) is 0. The highest BCUT2D eigenvalue weighted by Gasteiger charge is 2.31. The van der Waals surface area contributed by atoms with Crippen LogP contribution in [0.5, 0.6) is 5.75 Å². The van der Waals surface area contributed by atoms with E-state index in [9.17, 15) is 4.79 Å². The van der Waals surface area contributed by atoms with Gasteiger partial charge in [-0.15, -0.1) is 0 Å². The molecular weight excluding hydrogens is 172 g/mol. The average molecular weight is 182 g/mol. The van der Waals surface area contributed by atoms with Gasteiger partial charge in [-0.25, -0.2) is 4.79 Å². The second-order valence-corrected chi connectivity index (χ2v) is 2.91. The molecule has 1 rings (SSSR count). The Kier molecular flexibility index (Phi) is 2.20. The number of carboxylic acids is 1. The zero-order valence-corrected chi connectivity index (χ0v) is 7.06. The van der Waals surface area contributed by atoms with Crippen LogP contribution < -0.4 is 5.73 Å². The minimum absolute atomic E-state index is 0.0232. The molecule has 0 aromatic carbocycles. The molecule has 4 N–H and O–H groups in total. The molecule has 0 aliphatic rings. The molecule has 5 heteroatoms. The van der Waals surface area contributed by atoms with Gasteiger partial charge < -0.3 is 15.9 Å². The van der Waals surface area contributed by atoms with Crippen molar-refractivity contribution in [1.82, 2.24) is 4.98 Å². The van der Waals surface area contributed by atoms with Gasteiger partial charge in [0.2, 0.25) is 0 Å². The number of hydrogen-bond acceptors (Lipinski definition) is 4. The number of nitrogens with two attached hydrogens (primary N) is 1. The number of pyridine rings is 1. The predicted molar refractivity (Wildman–Crippen MR) is 45.1 cm³/mol. The van der Waals surface area contributed by atoms with E-state index >= 15 is 0 Å². The molecule has 70 valence electrons. The van der Waals surface area contributed by atoms with E-state index in [1.807, 2.05) is 0 Å². The van der Waals surface area contributed by atoms with Crippen molar-refractivity contribution in [3.63, 3.8) is 0 Å². The van der Waals surface area contributed by atoms with E-state index in [2.05, 4.69) is 4.98 Å². The Morgan fingerprint density at radius 1 is 1.62 bits per heavy atom. The van der Waals surface area contributed by atoms with Gasteiger partial charge in [0, 0.05) is 0 Å². The number of aromatic hydroxyl groups is 1. The van der Waals surface area contributed by atoms with Crippen LogP contribution in [0.2, 0.25) is 0 Å². The fraction of sp³-hybridized carbons (Fsp3) is 0.250. The molecular formula is C8H10N2O3. The fourth-order valence-electron chi connectivity index (χ4n) is 0.803. The van der Waals surface area contributed by atoms with Gasteiger partial charge in [-0.3, -0.25) is 4.98 Å². The van der Waals surface area contributed by atoms with Crippen LogP contribution in [-0.2, 0) is 10.3 Å². The smallest absolute Gasteiger partial charge is 0.329 e. The minimum atomic E-state index is -1.52. The van der Waals surface area contributed by atoms with Gasteiger partial charge in [0.1, 0.15) is 5.75 Å². The first-order chi connectivity index (χ1) is 5.94. The van der Waals surface area contributed by atoms with Crippen molar-refractivity contribution in [1.29, 1.82) is 0 Å². The van der Waals surface area contributed by atoms with Crippen LogP contribution in [0, 0.1) is 0 Å². The molecule has 0 saturated heterocycles. The van der Waals surface area contributed by atoms with Crippen molar-refractivity contribution in [2.75, 3.05) is 0 Å². The summed E-state index contributed by atoms with van der Waals surface area (Å²) in [6.45, 7) is 1.34. The third-order valence-electron chi connectivity index (χ3n) is 1.72. The van der Waals surface area contributed by atoms with E-state index in [-0.39, 0.29) is 11.4 Å². The first-order valence-corrected chi connectivity index (χ1v) is 3.62. The SMILES string of the molecule is C[C@@](N)(C(=O)O)c1ccc(O)cn1. The van der Waals surface area contributed by atoms with E-state index in [0.29, 0.717) is 0 Å². The van der Waals surface area contributed by atoms with E-state index < -0.39 is 11.5 Å². The normalized spacial score (nSPS) is 14.9. The number of hydrogen-bond donors (Lipinski definition) is 3. The Labute approximate surface area is 74.8 Å². The van der Waals surface area contributed by atoms with Gasteiger partial charge >= 0.3 is 5.97 Å². The number of aromatic nitrogens is 1. The molecule has 0 fully saturated rings. The molecule has 0 bridgehead atoms. The molecule has 5 nitrogen and oxygen atoms in total. The lowest BCUT2D eigenvalue weighted by Gasteiger charge is -2.17. The summed E-state index contributed by atoms with van der Waals surface area (Å²) in [5, 5.41) is 17.6. The number of carbonyl (C=O) groups is 1. The Hall–Kier alpha value is -1.62. The van der Waals surface area contributed by atoms with Crippen molar-refractivity contribution in [2.24, 2.45) is 5.73 Å². The van der Waals surface area contributed by atoms with Gasteiger partial charge in [-0.2, -0.15) is 0 Å². The van der Waals surface area contributed by atoms with Crippen molar-refractivity contribution in [3.8, 4) is 5.75 Å². The quantitative estimate of drug-likeness (QED) is 0.600. The topological polar surface area (TPSA) is 96.4 Å². The van der Waals surface area contributed by atoms with Gasteiger partial charge in [0.25, 0.3) is 0 Å². The highest BCUT2D eigenvalue weighted by molar-refractivity contribution is 5.79. The van der Waals surface area contributed by atoms with Crippen LogP contribution in [0.3, 0.4) is 0 Å². The summed E-state index contributed by atoms with van der Waals surface area (Å²) in [5.41, 5.74) is 4.17. The molecule has 1 atom stereocenters. The summed E-state index contributed by atoms with van der Waals surface area (Å²) < 4.78 is 0. The summed E-state index contributed by atoms with van der Waals surface area (Å²) in [6, 6.07) is 2.72. The highest BCUT2D eigenvalue weighted by Crippen LogP contribution is 2.17. The van der Waals surface area contributed by atoms with Crippen LogP contribution >= 0.6 is 0 Å². The molecule has 1 heterocycles. The molecule has 0 unspecified atom stereocenters. The molecule has 1 aromatic rings. The predicted octanol–water partition coefficient (Wildman–Crippen LogP) is 0.0457. The molecule has 0 saturated carbocycles. The first kappa shape index (κ1) is 9.47. The standard InChI is InChI=1S/C8H10N2O3/c1-8(9,7(12)13)6-3-2-5(11)4-10-6/h2-4,11H,9H2,1H3,(H,12,13)/t8-/m0/s1. The maximum Gasteiger partial charge on any atom is 0.329 e. The number of carboxylic acid groups (broad SMARTS) is 1. The van der Waals surface area contributed by atoms with Crippen molar-refractivity contribution < 1.29 is 15.0 Å². The van der Waals surface area contributed by atoms with Crippen LogP contribution in [0.4, 0.5) is 0 Å². The van der Waals surface area contributed by atoms with Gasteiger partial charge in [-0.1, -0.05) is 0 Å². The first-order valence-electron chi connectivity index (χ1n) is 3.62. The summed E-state index contributed by atoms with van der Waals surface area (Å²) in [4.78, 5) is 14.4. The maximum absolute atomic E-state index is 10.7.